The Morgan fingerprint density at radius 1 is 0.914 bits per heavy atom. The fourth-order valence-electron chi connectivity index (χ4n) is 4.29. The van der Waals surface area contributed by atoms with Gasteiger partial charge >= 0.3 is 0 Å². The minimum Gasteiger partial charge on any atom is -0.497 e. The lowest BCUT2D eigenvalue weighted by molar-refractivity contribution is -0.130. The zero-order valence-electron chi connectivity index (χ0n) is 19.6. The summed E-state index contributed by atoms with van der Waals surface area (Å²) in [6, 6.07) is 21.7. The summed E-state index contributed by atoms with van der Waals surface area (Å²) in [5.74, 6) is 1.81. The minimum atomic E-state index is -0.224. The van der Waals surface area contributed by atoms with Crippen LogP contribution in [0.1, 0.15) is 30.5 Å². The molecule has 0 aliphatic carbocycles. The largest absolute Gasteiger partial charge is 0.497 e. The molecule has 0 spiro atoms. The summed E-state index contributed by atoms with van der Waals surface area (Å²) in [5.41, 5.74) is 3.61. The van der Waals surface area contributed by atoms with Crippen molar-refractivity contribution >= 4 is 22.6 Å². The first-order chi connectivity index (χ1) is 17.0. The number of benzene rings is 3. The lowest BCUT2D eigenvalue weighted by Gasteiger charge is -2.20. The van der Waals surface area contributed by atoms with Crippen LogP contribution in [0, 0.1) is 0 Å². The van der Waals surface area contributed by atoms with Gasteiger partial charge in [0, 0.05) is 25.0 Å². The molecule has 1 aliphatic heterocycles. The second-order valence-corrected chi connectivity index (χ2v) is 8.32. The highest BCUT2D eigenvalue weighted by Gasteiger charge is 2.31. The van der Waals surface area contributed by atoms with E-state index in [1.807, 2.05) is 54.6 Å². The minimum absolute atomic E-state index is 0.146. The van der Waals surface area contributed by atoms with E-state index in [2.05, 4.69) is 5.10 Å². The molecular formula is C28H24N2O5. The number of hydrazone groups is 1. The SMILES string of the molecule is COc1ccc(-c2cc(=O)c3cc(C4=NN(C(C)=O)C(c5ccc(OC)cc5)C4)ccc3o2)cc1. The van der Waals surface area contributed by atoms with Gasteiger partial charge in [0.2, 0.25) is 5.91 Å². The van der Waals surface area contributed by atoms with E-state index >= 15 is 0 Å². The van der Waals surface area contributed by atoms with Crippen molar-refractivity contribution in [3.8, 4) is 22.8 Å². The second-order valence-electron chi connectivity index (χ2n) is 8.32. The van der Waals surface area contributed by atoms with Crippen molar-refractivity contribution < 1.29 is 18.7 Å². The Hall–Kier alpha value is -4.39. The molecular weight excluding hydrogens is 444 g/mol. The van der Waals surface area contributed by atoms with Crippen LogP contribution in [0.4, 0.5) is 0 Å². The number of methoxy groups -OCH3 is 2. The summed E-state index contributed by atoms with van der Waals surface area (Å²) in [5, 5.41) is 6.56. The highest BCUT2D eigenvalue weighted by Crippen LogP contribution is 2.34. The Balaban J connectivity index is 1.48. The van der Waals surface area contributed by atoms with Gasteiger partial charge in [0.15, 0.2) is 5.43 Å². The molecule has 0 saturated heterocycles. The van der Waals surface area contributed by atoms with E-state index in [1.165, 1.54) is 18.0 Å². The first-order valence-corrected chi connectivity index (χ1v) is 11.2. The summed E-state index contributed by atoms with van der Waals surface area (Å²) in [7, 11) is 3.22. The van der Waals surface area contributed by atoms with E-state index in [9.17, 15) is 9.59 Å². The Bertz CT molecular complexity index is 1490. The first-order valence-electron chi connectivity index (χ1n) is 11.2. The molecule has 7 nitrogen and oxygen atoms in total. The molecule has 4 aromatic rings. The second kappa shape index (κ2) is 9.10. The summed E-state index contributed by atoms with van der Waals surface area (Å²) in [4.78, 5) is 25.3. The molecule has 2 heterocycles. The molecule has 0 fully saturated rings. The smallest absolute Gasteiger partial charge is 0.240 e. The average Bonchev–Trinajstić information content (AvgIpc) is 3.34. The van der Waals surface area contributed by atoms with Crippen LogP contribution in [0.15, 0.2) is 87.1 Å². The van der Waals surface area contributed by atoms with Crippen LogP contribution in [0.5, 0.6) is 11.5 Å². The van der Waals surface area contributed by atoms with Crippen LogP contribution in [-0.4, -0.2) is 30.8 Å². The molecule has 1 unspecified atom stereocenters. The lowest BCUT2D eigenvalue weighted by Crippen LogP contribution is -2.24. The van der Waals surface area contributed by atoms with Crippen LogP contribution in [0.2, 0.25) is 0 Å². The fraction of sp³-hybridized carbons (Fsp3) is 0.179. The van der Waals surface area contributed by atoms with Gasteiger partial charge in [-0.25, -0.2) is 5.01 Å². The van der Waals surface area contributed by atoms with E-state index in [1.54, 1.807) is 26.4 Å². The zero-order chi connectivity index (χ0) is 24.5. The molecule has 1 amide bonds. The predicted octanol–water partition coefficient (Wildman–Crippen LogP) is 5.17. The van der Waals surface area contributed by atoms with Gasteiger partial charge in [0.05, 0.1) is 31.4 Å². The molecule has 1 aliphatic rings. The third-order valence-electron chi connectivity index (χ3n) is 6.17. The van der Waals surface area contributed by atoms with Crippen molar-refractivity contribution in [2.45, 2.75) is 19.4 Å². The fourth-order valence-corrected chi connectivity index (χ4v) is 4.29. The van der Waals surface area contributed by atoms with Gasteiger partial charge in [0.25, 0.3) is 0 Å². The summed E-state index contributed by atoms with van der Waals surface area (Å²) < 4.78 is 16.5. The predicted molar refractivity (Wildman–Crippen MR) is 134 cm³/mol. The van der Waals surface area contributed by atoms with Crippen molar-refractivity contribution in [2.75, 3.05) is 14.2 Å². The number of carbonyl (C=O) groups is 1. The van der Waals surface area contributed by atoms with Gasteiger partial charge in [-0.05, 0) is 65.7 Å². The van der Waals surface area contributed by atoms with Crippen molar-refractivity contribution in [3.63, 3.8) is 0 Å². The third kappa shape index (κ3) is 4.28. The molecule has 1 atom stereocenters. The van der Waals surface area contributed by atoms with E-state index in [0.717, 1.165) is 33.9 Å². The lowest BCUT2D eigenvalue weighted by atomic mass is 9.97. The van der Waals surface area contributed by atoms with Crippen LogP contribution >= 0.6 is 0 Å². The Kier molecular flexibility index (Phi) is 5.82. The summed E-state index contributed by atoms with van der Waals surface area (Å²) in [6.45, 7) is 1.50. The average molecular weight is 469 g/mol. The monoisotopic (exact) mass is 468 g/mol. The summed E-state index contributed by atoms with van der Waals surface area (Å²) >= 11 is 0. The highest BCUT2D eigenvalue weighted by atomic mass is 16.5. The van der Waals surface area contributed by atoms with Crippen LogP contribution < -0.4 is 14.9 Å². The van der Waals surface area contributed by atoms with Gasteiger partial charge in [-0.3, -0.25) is 9.59 Å². The number of carbonyl (C=O) groups excluding carboxylic acids is 1. The maximum absolute atomic E-state index is 13.0. The molecule has 0 bridgehead atoms. The van der Waals surface area contributed by atoms with Crippen molar-refractivity contribution in [2.24, 2.45) is 5.10 Å². The Labute approximate surface area is 202 Å². The highest BCUT2D eigenvalue weighted by molar-refractivity contribution is 6.05. The van der Waals surface area contributed by atoms with E-state index in [4.69, 9.17) is 13.9 Å². The quantitative estimate of drug-likeness (QED) is 0.403. The van der Waals surface area contributed by atoms with Crippen molar-refractivity contribution in [3.05, 3.63) is 94.1 Å². The summed E-state index contributed by atoms with van der Waals surface area (Å²) in [6.07, 6.45) is 0.534. The molecule has 176 valence electrons. The topological polar surface area (TPSA) is 81.3 Å². The molecule has 1 aromatic heterocycles. The normalized spacial score (nSPS) is 15.2. The maximum Gasteiger partial charge on any atom is 0.240 e. The Morgan fingerprint density at radius 2 is 1.54 bits per heavy atom. The number of hydrogen-bond acceptors (Lipinski definition) is 6. The van der Waals surface area contributed by atoms with Crippen LogP contribution in [-0.2, 0) is 4.79 Å². The van der Waals surface area contributed by atoms with Gasteiger partial charge in [0.1, 0.15) is 22.8 Å². The van der Waals surface area contributed by atoms with Crippen molar-refractivity contribution in [1.29, 1.82) is 0 Å². The number of ether oxygens (including phenoxy) is 2. The van der Waals surface area contributed by atoms with Crippen LogP contribution in [0.25, 0.3) is 22.3 Å². The third-order valence-corrected chi connectivity index (χ3v) is 6.17. The molecule has 0 saturated carbocycles. The first kappa shape index (κ1) is 22.4. The maximum atomic E-state index is 13.0. The number of hydrogen-bond donors (Lipinski definition) is 0. The molecule has 5 rings (SSSR count). The molecule has 0 radical (unpaired) electrons. The number of rotatable bonds is 5. The van der Waals surface area contributed by atoms with Gasteiger partial charge in [-0.15, -0.1) is 0 Å². The molecule has 35 heavy (non-hydrogen) atoms. The number of nitrogens with zero attached hydrogens (tertiary/aromatic N) is 2. The van der Waals surface area contributed by atoms with Gasteiger partial charge in [-0.2, -0.15) is 5.10 Å². The molecule has 7 heteroatoms. The number of fused-ring (bicyclic) bond motifs is 1. The molecule has 3 aromatic carbocycles. The zero-order valence-corrected chi connectivity index (χ0v) is 19.6. The Morgan fingerprint density at radius 3 is 2.17 bits per heavy atom. The van der Waals surface area contributed by atoms with E-state index < -0.39 is 0 Å². The number of amides is 1. The molecule has 0 N–H and O–H groups in total. The van der Waals surface area contributed by atoms with Crippen molar-refractivity contribution in [1.82, 2.24) is 5.01 Å². The van der Waals surface area contributed by atoms with Crippen LogP contribution in [0.3, 0.4) is 0 Å². The van der Waals surface area contributed by atoms with Gasteiger partial charge < -0.3 is 13.9 Å². The standard InChI is InChI=1S/C28H24N2O5/c1-17(31)30-25(18-4-9-21(33-2)10-5-18)15-24(29-30)20-8-13-27-23(14-20)26(32)16-28(35-27)19-6-11-22(34-3)12-7-19/h4-14,16,25H,15H2,1-3H3. The van der Waals surface area contributed by atoms with E-state index in [0.29, 0.717) is 23.2 Å². The van der Waals surface area contributed by atoms with E-state index in [-0.39, 0.29) is 17.4 Å². The van der Waals surface area contributed by atoms with Gasteiger partial charge in [-0.1, -0.05) is 12.1 Å².